The Hall–Kier alpha value is -0.195. The van der Waals surface area contributed by atoms with Crippen molar-refractivity contribution in [2.75, 3.05) is 0 Å². The highest BCUT2D eigenvalue weighted by atomic mass is 14.3. The molecule has 0 aromatic carbocycles. The van der Waals surface area contributed by atoms with E-state index in [4.69, 9.17) is 0 Å². The summed E-state index contributed by atoms with van der Waals surface area (Å²) in [5.74, 6) is 3.04. The molecule has 0 amide bonds. The number of allylic oxidation sites excluding steroid dienone is 2. The van der Waals surface area contributed by atoms with E-state index < -0.39 is 0 Å². The molecular formula is C23H43B. The van der Waals surface area contributed by atoms with Crippen LogP contribution in [-0.4, -0.2) is 7.85 Å². The molecule has 0 aromatic heterocycles. The summed E-state index contributed by atoms with van der Waals surface area (Å²) in [6.07, 6.45) is 31.4. The van der Waals surface area contributed by atoms with Gasteiger partial charge in [-0.25, -0.2) is 0 Å². The fourth-order valence-electron chi connectivity index (χ4n) is 5.06. The summed E-state index contributed by atoms with van der Waals surface area (Å²) in [4.78, 5) is 0. The Balaban J connectivity index is 1.89. The average molecular weight is 330 g/mol. The maximum atomic E-state index is 2.52. The van der Waals surface area contributed by atoms with Crippen molar-refractivity contribution < 1.29 is 0 Å². The van der Waals surface area contributed by atoms with Gasteiger partial charge in [-0.05, 0) is 43.9 Å². The van der Waals surface area contributed by atoms with Crippen LogP contribution in [-0.2, 0) is 0 Å². The first-order valence-corrected chi connectivity index (χ1v) is 11.5. The molecule has 0 nitrogen and oxygen atoms in total. The van der Waals surface area contributed by atoms with Crippen LogP contribution in [0.5, 0.6) is 0 Å². The van der Waals surface area contributed by atoms with Gasteiger partial charge in [-0.1, -0.05) is 101 Å². The van der Waals surface area contributed by atoms with E-state index in [2.05, 4.69) is 20.0 Å². The maximum Gasteiger partial charge on any atom is 0.105 e. The van der Waals surface area contributed by atoms with Gasteiger partial charge in [0.05, 0.1) is 0 Å². The predicted octanol–water partition coefficient (Wildman–Crippen LogP) is 7.25. The minimum atomic E-state index is 0.970. The summed E-state index contributed by atoms with van der Waals surface area (Å²) in [5, 5.41) is 0. The normalized spacial score (nSPS) is 34.2. The van der Waals surface area contributed by atoms with E-state index in [0.717, 1.165) is 17.7 Å². The molecule has 2 aliphatic rings. The predicted molar refractivity (Wildman–Crippen MR) is 112 cm³/mol. The third kappa shape index (κ3) is 8.77. The van der Waals surface area contributed by atoms with Crippen LogP contribution in [0.4, 0.5) is 0 Å². The van der Waals surface area contributed by atoms with Gasteiger partial charge in [0, 0.05) is 0 Å². The van der Waals surface area contributed by atoms with Gasteiger partial charge in [-0.15, -0.1) is 0 Å². The quantitative estimate of drug-likeness (QED) is 0.351. The highest BCUT2D eigenvalue weighted by Gasteiger charge is 2.21. The molecule has 0 saturated heterocycles. The van der Waals surface area contributed by atoms with Crippen LogP contribution in [0, 0.1) is 11.8 Å². The second-order valence-electron chi connectivity index (χ2n) is 8.94. The van der Waals surface area contributed by atoms with Crippen LogP contribution in [0.1, 0.15) is 116 Å². The van der Waals surface area contributed by atoms with Crippen LogP contribution >= 0.6 is 0 Å². The summed E-state index contributed by atoms with van der Waals surface area (Å²) >= 11 is 0. The van der Waals surface area contributed by atoms with E-state index >= 15 is 0 Å². The first-order valence-electron chi connectivity index (χ1n) is 11.5. The average Bonchev–Trinajstić information content (AvgIpc) is 2.64. The molecule has 1 fully saturated rings. The molecule has 2 rings (SSSR count). The largest absolute Gasteiger partial charge is 0.105 e. The lowest BCUT2D eigenvalue weighted by molar-refractivity contribution is 0.238. The van der Waals surface area contributed by atoms with Gasteiger partial charge in [0.1, 0.15) is 7.85 Å². The van der Waals surface area contributed by atoms with Gasteiger partial charge in [-0.3, -0.25) is 0 Å². The molecule has 0 aliphatic heterocycles. The second-order valence-corrected chi connectivity index (χ2v) is 8.94. The standard InChI is InChI=1S/C23H43B/c24-23-18-14-10-6-5-9-13-17-22(19-20-23)21-15-11-7-3-1-2-4-8-12-16-21/h1,3,21-23H,2,4-20,24H2/b3-1-. The highest BCUT2D eigenvalue weighted by molar-refractivity contribution is 6.11. The van der Waals surface area contributed by atoms with E-state index in [1.807, 2.05) is 0 Å². The van der Waals surface area contributed by atoms with Crippen molar-refractivity contribution in [3.05, 3.63) is 12.2 Å². The number of hydrogen-bond donors (Lipinski definition) is 0. The molecule has 2 aliphatic carbocycles. The SMILES string of the molecule is BC1CCCCCCCCC(C2CCC/C=C\CCCCC2)CC1. The fraction of sp³-hybridized carbons (Fsp3) is 0.913. The molecule has 0 bridgehead atoms. The Morgan fingerprint density at radius 3 is 1.71 bits per heavy atom. The van der Waals surface area contributed by atoms with E-state index in [9.17, 15) is 0 Å². The van der Waals surface area contributed by atoms with Crippen LogP contribution in [0.3, 0.4) is 0 Å². The molecule has 1 heteroatoms. The number of hydrogen-bond acceptors (Lipinski definition) is 0. The molecule has 0 spiro atoms. The van der Waals surface area contributed by atoms with E-state index in [0.29, 0.717) is 0 Å². The molecule has 0 aromatic rings. The Morgan fingerprint density at radius 2 is 0.958 bits per heavy atom. The first kappa shape index (κ1) is 20.1. The minimum Gasteiger partial charge on any atom is -0.0885 e. The van der Waals surface area contributed by atoms with Crippen molar-refractivity contribution in [2.24, 2.45) is 11.8 Å². The summed E-state index contributed by atoms with van der Waals surface area (Å²) in [7, 11) is 2.52. The lowest BCUT2D eigenvalue weighted by atomic mass is 9.73. The highest BCUT2D eigenvalue weighted by Crippen LogP contribution is 2.35. The molecule has 24 heavy (non-hydrogen) atoms. The van der Waals surface area contributed by atoms with Gasteiger partial charge in [-0.2, -0.15) is 0 Å². The lowest BCUT2D eigenvalue weighted by Gasteiger charge is -2.29. The molecule has 3 unspecified atom stereocenters. The van der Waals surface area contributed by atoms with Gasteiger partial charge in [0.2, 0.25) is 0 Å². The molecule has 3 atom stereocenters. The third-order valence-electron chi connectivity index (χ3n) is 6.78. The van der Waals surface area contributed by atoms with Gasteiger partial charge in [0.25, 0.3) is 0 Å². The van der Waals surface area contributed by atoms with Crippen LogP contribution < -0.4 is 0 Å². The Labute approximate surface area is 153 Å². The summed E-state index contributed by atoms with van der Waals surface area (Å²) in [6, 6.07) is 0. The Kier molecular flexibility index (Phi) is 11.0. The van der Waals surface area contributed by atoms with E-state index in [-0.39, 0.29) is 0 Å². The van der Waals surface area contributed by atoms with Crippen molar-refractivity contribution >= 4 is 7.85 Å². The molecule has 0 radical (unpaired) electrons. The molecule has 1 saturated carbocycles. The van der Waals surface area contributed by atoms with Crippen molar-refractivity contribution in [3.8, 4) is 0 Å². The van der Waals surface area contributed by atoms with Crippen molar-refractivity contribution in [2.45, 2.75) is 121 Å². The molecular weight excluding hydrogens is 287 g/mol. The third-order valence-corrected chi connectivity index (χ3v) is 6.78. The van der Waals surface area contributed by atoms with Crippen molar-refractivity contribution in [3.63, 3.8) is 0 Å². The van der Waals surface area contributed by atoms with Gasteiger partial charge >= 0.3 is 0 Å². The second kappa shape index (κ2) is 13.1. The van der Waals surface area contributed by atoms with Gasteiger partial charge in [0.15, 0.2) is 0 Å². The van der Waals surface area contributed by atoms with Crippen LogP contribution in [0.15, 0.2) is 12.2 Å². The Bertz CT molecular complexity index is 322. The Morgan fingerprint density at radius 1 is 0.458 bits per heavy atom. The monoisotopic (exact) mass is 330 g/mol. The minimum absolute atomic E-state index is 0.970. The fourth-order valence-corrected chi connectivity index (χ4v) is 5.06. The van der Waals surface area contributed by atoms with Gasteiger partial charge < -0.3 is 0 Å². The zero-order valence-electron chi connectivity index (χ0n) is 16.6. The topological polar surface area (TPSA) is 0 Å². The van der Waals surface area contributed by atoms with E-state index in [1.54, 1.807) is 0 Å². The summed E-state index contributed by atoms with van der Waals surface area (Å²) in [6.45, 7) is 0. The lowest BCUT2D eigenvalue weighted by Crippen LogP contribution is -2.17. The zero-order chi connectivity index (χ0) is 16.9. The molecule has 0 N–H and O–H groups in total. The van der Waals surface area contributed by atoms with Crippen LogP contribution in [0.2, 0.25) is 5.82 Å². The smallest absolute Gasteiger partial charge is 0.0885 e. The maximum absolute atomic E-state index is 2.52. The van der Waals surface area contributed by atoms with Crippen LogP contribution in [0.25, 0.3) is 0 Å². The number of rotatable bonds is 1. The van der Waals surface area contributed by atoms with Crippen molar-refractivity contribution in [1.29, 1.82) is 0 Å². The first-order chi connectivity index (χ1) is 11.9. The molecule has 138 valence electrons. The molecule has 0 heterocycles. The summed E-state index contributed by atoms with van der Waals surface area (Å²) in [5.41, 5.74) is 0. The summed E-state index contributed by atoms with van der Waals surface area (Å²) < 4.78 is 0. The van der Waals surface area contributed by atoms with E-state index in [1.165, 1.54) is 116 Å². The van der Waals surface area contributed by atoms with Crippen molar-refractivity contribution in [1.82, 2.24) is 0 Å². The zero-order valence-corrected chi connectivity index (χ0v) is 16.6.